The van der Waals surface area contributed by atoms with E-state index in [0.29, 0.717) is 12.8 Å². The second-order valence-corrected chi connectivity index (χ2v) is 4.67. The summed E-state index contributed by atoms with van der Waals surface area (Å²) in [4.78, 5) is 19.3. The van der Waals surface area contributed by atoms with E-state index < -0.39 is 24.0 Å². The Labute approximate surface area is 108 Å². The topological polar surface area (TPSA) is 54.9 Å². The fourth-order valence-corrected chi connectivity index (χ4v) is 2.29. The quantitative estimate of drug-likeness (QED) is 0.899. The largest absolute Gasteiger partial charge is 0.391 e. The number of amides is 1. The number of alkyl halides is 3. The first-order valence-electron chi connectivity index (χ1n) is 6.10. The molecular weight excluding hydrogens is 259 g/mol. The molecule has 0 unspecified atom stereocenters. The first kappa shape index (κ1) is 13.8. The summed E-state index contributed by atoms with van der Waals surface area (Å²) in [5.41, 5.74) is 0.122. The van der Waals surface area contributed by atoms with Gasteiger partial charge < -0.3 is 5.32 Å². The van der Waals surface area contributed by atoms with Crippen LogP contribution in [0.15, 0.2) is 18.6 Å². The van der Waals surface area contributed by atoms with Gasteiger partial charge in [-0.3, -0.25) is 9.78 Å². The highest BCUT2D eigenvalue weighted by molar-refractivity contribution is 5.92. The van der Waals surface area contributed by atoms with Gasteiger partial charge in [0.25, 0.3) is 5.91 Å². The van der Waals surface area contributed by atoms with E-state index in [1.807, 2.05) is 0 Å². The summed E-state index contributed by atoms with van der Waals surface area (Å²) in [7, 11) is 0. The molecule has 1 N–H and O–H groups in total. The lowest BCUT2D eigenvalue weighted by atomic mass is 9.85. The van der Waals surface area contributed by atoms with E-state index in [9.17, 15) is 18.0 Å². The zero-order valence-corrected chi connectivity index (χ0v) is 10.2. The van der Waals surface area contributed by atoms with Crippen LogP contribution in [-0.2, 0) is 0 Å². The van der Waals surface area contributed by atoms with Gasteiger partial charge in [0.15, 0.2) is 0 Å². The molecule has 1 aromatic rings. The average Bonchev–Trinajstić information content (AvgIpc) is 2.39. The molecule has 104 valence electrons. The summed E-state index contributed by atoms with van der Waals surface area (Å²) >= 11 is 0. The third-order valence-electron chi connectivity index (χ3n) is 3.27. The van der Waals surface area contributed by atoms with Crippen molar-refractivity contribution in [3.05, 3.63) is 24.3 Å². The van der Waals surface area contributed by atoms with Crippen LogP contribution in [0.5, 0.6) is 0 Å². The van der Waals surface area contributed by atoms with Crippen LogP contribution in [0, 0.1) is 5.92 Å². The number of nitrogens with zero attached hydrogens (tertiary/aromatic N) is 2. The molecule has 0 bridgehead atoms. The molecule has 2 rings (SSSR count). The summed E-state index contributed by atoms with van der Waals surface area (Å²) in [5.74, 6) is -1.80. The fraction of sp³-hybridized carbons (Fsp3) is 0.583. The summed E-state index contributed by atoms with van der Waals surface area (Å²) in [6.07, 6.45) is 1.02. The van der Waals surface area contributed by atoms with Gasteiger partial charge in [-0.2, -0.15) is 13.2 Å². The highest BCUT2D eigenvalue weighted by atomic mass is 19.4. The van der Waals surface area contributed by atoms with E-state index in [2.05, 4.69) is 15.3 Å². The Kier molecular flexibility index (Phi) is 4.01. The normalized spacial score (nSPS) is 23.9. The van der Waals surface area contributed by atoms with Crippen molar-refractivity contribution in [3.63, 3.8) is 0 Å². The van der Waals surface area contributed by atoms with Crippen LogP contribution >= 0.6 is 0 Å². The molecular formula is C12H14F3N3O. The molecule has 1 aromatic heterocycles. The van der Waals surface area contributed by atoms with Crippen LogP contribution < -0.4 is 5.32 Å². The molecule has 0 spiro atoms. The molecule has 1 saturated carbocycles. The molecule has 1 amide bonds. The van der Waals surface area contributed by atoms with Gasteiger partial charge in [-0.1, -0.05) is 6.42 Å². The number of rotatable bonds is 2. The molecule has 0 aliphatic heterocycles. The maximum atomic E-state index is 12.6. The van der Waals surface area contributed by atoms with Crippen LogP contribution in [0.1, 0.15) is 36.2 Å². The molecule has 19 heavy (non-hydrogen) atoms. The number of nitrogens with one attached hydrogen (secondary N) is 1. The minimum atomic E-state index is -4.18. The standard InChI is InChI=1S/C12H14F3N3O/c13-12(14,15)8-2-1-3-9(6-8)18-11(19)10-7-16-4-5-17-10/h4-5,7-9H,1-3,6H2,(H,18,19)/t8-,9-/m1/s1. The summed E-state index contributed by atoms with van der Waals surface area (Å²) < 4.78 is 37.9. The molecule has 0 radical (unpaired) electrons. The van der Waals surface area contributed by atoms with Crippen molar-refractivity contribution >= 4 is 5.91 Å². The molecule has 1 heterocycles. The van der Waals surface area contributed by atoms with Crippen molar-refractivity contribution in [2.75, 3.05) is 0 Å². The molecule has 1 fully saturated rings. The number of aromatic nitrogens is 2. The minimum absolute atomic E-state index is 0.0600. The monoisotopic (exact) mass is 273 g/mol. The van der Waals surface area contributed by atoms with Gasteiger partial charge in [0.1, 0.15) is 5.69 Å². The van der Waals surface area contributed by atoms with Crippen LogP contribution in [0.3, 0.4) is 0 Å². The van der Waals surface area contributed by atoms with Crippen molar-refractivity contribution in [2.24, 2.45) is 5.92 Å². The van der Waals surface area contributed by atoms with Crippen LogP contribution in [0.2, 0.25) is 0 Å². The van der Waals surface area contributed by atoms with E-state index in [1.165, 1.54) is 18.6 Å². The summed E-state index contributed by atoms with van der Waals surface area (Å²) in [6.45, 7) is 0. The molecule has 0 saturated heterocycles. The molecule has 7 heteroatoms. The Morgan fingerprint density at radius 2 is 2.11 bits per heavy atom. The number of halogens is 3. The summed E-state index contributed by atoms with van der Waals surface area (Å²) in [5, 5.41) is 2.60. The smallest absolute Gasteiger partial charge is 0.348 e. The van der Waals surface area contributed by atoms with Crippen molar-refractivity contribution in [1.82, 2.24) is 15.3 Å². The molecule has 2 atom stereocenters. The number of carbonyl (C=O) groups is 1. The van der Waals surface area contributed by atoms with Gasteiger partial charge in [-0.15, -0.1) is 0 Å². The maximum Gasteiger partial charge on any atom is 0.391 e. The van der Waals surface area contributed by atoms with Gasteiger partial charge in [0, 0.05) is 18.4 Å². The van der Waals surface area contributed by atoms with Crippen LogP contribution in [0.4, 0.5) is 13.2 Å². The number of hydrogen-bond donors (Lipinski definition) is 1. The summed E-state index contributed by atoms with van der Waals surface area (Å²) in [6, 6.07) is -0.449. The van der Waals surface area contributed by atoms with Gasteiger partial charge in [0.05, 0.1) is 12.1 Å². The zero-order chi connectivity index (χ0) is 13.9. The molecule has 1 aliphatic carbocycles. The van der Waals surface area contributed by atoms with Gasteiger partial charge >= 0.3 is 6.18 Å². The lowest BCUT2D eigenvalue weighted by Gasteiger charge is -2.30. The van der Waals surface area contributed by atoms with Gasteiger partial charge in [-0.25, -0.2) is 4.98 Å². The highest BCUT2D eigenvalue weighted by Gasteiger charge is 2.42. The van der Waals surface area contributed by atoms with E-state index in [1.54, 1.807) is 0 Å². The second kappa shape index (κ2) is 5.54. The predicted molar refractivity (Wildman–Crippen MR) is 61.3 cm³/mol. The number of hydrogen-bond acceptors (Lipinski definition) is 3. The maximum absolute atomic E-state index is 12.6. The van der Waals surface area contributed by atoms with Gasteiger partial charge in [0.2, 0.25) is 0 Å². The second-order valence-electron chi connectivity index (χ2n) is 4.67. The van der Waals surface area contributed by atoms with Gasteiger partial charge in [-0.05, 0) is 19.3 Å². The van der Waals surface area contributed by atoms with E-state index in [0.717, 1.165) is 0 Å². The lowest BCUT2D eigenvalue weighted by molar-refractivity contribution is -0.183. The zero-order valence-electron chi connectivity index (χ0n) is 10.2. The van der Waals surface area contributed by atoms with E-state index >= 15 is 0 Å². The van der Waals surface area contributed by atoms with Crippen molar-refractivity contribution in [1.29, 1.82) is 0 Å². The third kappa shape index (κ3) is 3.65. The molecule has 0 aromatic carbocycles. The molecule has 1 aliphatic rings. The Hall–Kier alpha value is -1.66. The fourth-order valence-electron chi connectivity index (χ4n) is 2.29. The first-order chi connectivity index (χ1) is 8.97. The van der Waals surface area contributed by atoms with Crippen molar-refractivity contribution < 1.29 is 18.0 Å². The molecule has 4 nitrogen and oxygen atoms in total. The van der Waals surface area contributed by atoms with E-state index in [-0.39, 0.29) is 18.5 Å². The lowest BCUT2D eigenvalue weighted by Crippen LogP contribution is -2.41. The predicted octanol–water partition coefficient (Wildman–Crippen LogP) is 2.33. The van der Waals surface area contributed by atoms with Crippen LogP contribution in [0.25, 0.3) is 0 Å². The third-order valence-corrected chi connectivity index (χ3v) is 3.27. The van der Waals surface area contributed by atoms with Crippen molar-refractivity contribution in [3.8, 4) is 0 Å². The SMILES string of the molecule is O=C(N[C@@H]1CCC[C@@H](C(F)(F)F)C1)c1cnccn1. The minimum Gasteiger partial charge on any atom is -0.348 e. The van der Waals surface area contributed by atoms with Crippen molar-refractivity contribution in [2.45, 2.75) is 37.9 Å². The Morgan fingerprint density at radius 3 is 2.74 bits per heavy atom. The Balaban J connectivity index is 1.94. The van der Waals surface area contributed by atoms with Crippen LogP contribution in [-0.4, -0.2) is 28.1 Å². The average molecular weight is 273 g/mol. The number of carbonyl (C=O) groups excluding carboxylic acids is 1. The first-order valence-corrected chi connectivity index (χ1v) is 6.10. The Morgan fingerprint density at radius 1 is 1.32 bits per heavy atom. The highest BCUT2D eigenvalue weighted by Crippen LogP contribution is 2.37. The van der Waals surface area contributed by atoms with E-state index in [4.69, 9.17) is 0 Å². The Bertz CT molecular complexity index is 436.